The normalized spacial score (nSPS) is 11.3. The molecule has 10 nitrogen and oxygen atoms in total. The number of hydrogen-bond acceptors (Lipinski definition) is 10. The van der Waals surface area contributed by atoms with E-state index >= 15 is 0 Å². The van der Waals surface area contributed by atoms with Crippen molar-refractivity contribution < 1.29 is 8.83 Å². The number of rotatable bonds is 6. The molecule has 0 N–H and O–H groups in total. The van der Waals surface area contributed by atoms with E-state index in [1.54, 1.807) is 12.4 Å². The van der Waals surface area contributed by atoms with Crippen LogP contribution in [0.5, 0.6) is 0 Å². The molecule has 48 heavy (non-hydrogen) atoms. The topological polar surface area (TPSA) is 129 Å². The van der Waals surface area contributed by atoms with Crippen molar-refractivity contribution in [2.45, 2.75) is 0 Å². The molecule has 9 rings (SSSR count). The van der Waals surface area contributed by atoms with Crippen LogP contribution in [-0.2, 0) is 0 Å². The van der Waals surface area contributed by atoms with Crippen LogP contribution in [-0.4, -0.2) is 40.3 Å². The van der Waals surface area contributed by atoms with Gasteiger partial charge in [0.1, 0.15) is 11.4 Å². The molecule has 0 fully saturated rings. The molecule has 4 aromatic heterocycles. The average Bonchev–Trinajstić information content (AvgIpc) is 3.86. The van der Waals surface area contributed by atoms with Gasteiger partial charge < -0.3 is 8.83 Å². The highest BCUT2D eigenvalue weighted by molar-refractivity contribution is 5.93. The van der Waals surface area contributed by atoms with Crippen molar-refractivity contribution in [2.24, 2.45) is 0 Å². The lowest BCUT2D eigenvalue weighted by atomic mass is 10.0. The van der Waals surface area contributed by atoms with Crippen molar-refractivity contribution in [1.29, 1.82) is 0 Å². The van der Waals surface area contributed by atoms with Gasteiger partial charge in [-0.2, -0.15) is 0 Å². The van der Waals surface area contributed by atoms with Gasteiger partial charge in [0.15, 0.2) is 0 Å². The van der Waals surface area contributed by atoms with Crippen LogP contribution in [0.4, 0.5) is 0 Å². The molecule has 226 valence electrons. The smallest absolute Gasteiger partial charge is 0.268 e. The average molecular weight is 623 g/mol. The first-order valence-electron chi connectivity index (χ1n) is 15.2. The lowest BCUT2D eigenvalue weighted by Gasteiger charge is -2.06. The van der Waals surface area contributed by atoms with E-state index in [1.807, 2.05) is 97.1 Å². The largest absolute Gasteiger partial charge is 0.415 e. The third-order valence-corrected chi connectivity index (χ3v) is 7.96. The molecule has 10 heteroatoms. The molecule has 0 saturated heterocycles. The van der Waals surface area contributed by atoms with Gasteiger partial charge in [-0.15, -0.1) is 20.4 Å². The molecule has 5 aromatic carbocycles. The Labute approximate surface area is 272 Å². The van der Waals surface area contributed by atoms with Crippen LogP contribution in [0.25, 0.3) is 90.4 Å². The summed E-state index contributed by atoms with van der Waals surface area (Å²) in [6.07, 6.45) is 3.31. The van der Waals surface area contributed by atoms with E-state index in [4.69, 9.17) is 28.8 Å². The second kappa shape index (κ2) is 11.5. The molecule has 0 radical (unpaired) electrons. The summed E-state index contributed by atoms with van der Waals surface area (Å²) in [5.74, 6) is 1.17. The first-order valence-corrected chi connectivity index (χ1v) is 15.2. The zero-order chi connectivity index (χ0) is 31.9. The Morgan fingerprint density at radius 3 is 1.27 bits per heavy atom. The number of para-hydroxylation sites is 2. The monoisotopic (exact) mass is 622 g/mol. The Hall–Kier alpha value is -6.94. The molecule has 0 aliphatic rings. The highest BCUT2D eigenvalue weighted by Gasteiger charge is 2.18. The molecule has 9 aromatic rings. The Kier molecular flexibility index (Phi) is 6.53. The summed E-state index contributed by atoms with van der Waals surface area (Å²) >= 11 is 0. The Morgan fingerprint density at radius 2 is 0.792 bits per heavy atom. The van der Waals surface area contributed by atoms with Crippen LogP contribution < -0.4 is 0 Å². The third kappa shape index (κ3) is 4.94. The molecular weight excluding hydrogens is 600 g/mol. The van der Waals surface area contributed by atoms with E-state index < -0.39 is 0 Å². The van der Waals surface area contributed by atoms with Crippen molar-refractivity contribution >= 4 is 22.1 Å². The number of fused-ring (bicyclic) bond motifs is 2. The summed E-state index contributed by atoms with van der Waals surface area (Å²) in [5.41, 5.74) is 9.54. The van der Waals surface area contributed by atoms with Crippen LogP contribution in [0.1, 0.15) is 0 Å². The fourth-order valence-corrected chi connectivity index (χ4v) is 5.66. The summed E-state index contributed by atoms with van der Waals surface area (Å²) in [6, 6.07) is 39.5. The van der Waals surface area contributed by atoms with Gasteiger partial charge in [0.25, 0.3) is 11.8 Å². The maximum Gasteiger partial charge on any atom is 0.268 e. The maximum absolute atomic E-state index is 6.06. The summed E-state index contributed by atoms with van der Waals surface area (Å²) in [4.78, 5) is 19.0. The van der Waals surface area contributed by atoms with Crippen LogP contribution in [0, 0.1) is 0 Å². The summed E-state index contributed by atoms with van der Waals surface area (Å²) in [6.45, 7) is 0. The van der Waals surface area contributed by atoms with E-state index in [-0.39, 0.29) is 11.8 Å². The van der Waals surface area contributed by atoms with Crippen molar-refractivity contribution in [3.63, 3.8) is 0 Å². The van der Waals surface area contributed by atoms with Crippen molar-refractivity contribution in [2.75, 3.05) is 0 Å². The first-order chi connectivity index (χ1) is 23.8. The first kappa shape index (κ1) is 27.4. The SMILES string of the molecule is c1ccc(-c2cccc3nc(-c4nnc(-c5cccc(-c6nnc(-c7cnc8c(-c9ccccc9)cccc8n7)o6)c5)o4)cnc23)cc1. The summed E-state index contributed by atoms with van der Waals surface area (Å²) < 4.78 is 12.1. The maximum atomic E-state index is 6.06. The second-order valence-corrected chi connectivity index (χ2v) is 11.0. The number of hydrogen-bond donors (Lipinski definition) is 0. The van der Waals surface area contributed by atoms with Gasteiger partial charge in [0.05, 0.1) is 34.5 Å². The zero-order valence-corrected chi connectivity index (χ0v) is 25.1. The zero-order valence-electron chi connectivity index (χ0n) is 25.1. The molecule has 0 aliphatic carbocycles. The Bertz CT molecular complexity index is 2410. The molecule has 0 aliphatic heterocycles. The minimum absolute atomic E-state index is 0.264. The lowest BCUT2D eigenvalue weighted by Crippen LogP contribution is -1.91. The summed E-state index contributed by atoms with van der Waals surface area (Å²) in [7, 11) is 0. The van der Waals surface area contributed by atoms with Gasteiger partial charge in [-0.25, -0.2) is 9.97 Å². The molecule has 0 atom stereocenters. The fourth-order valence-electron chi connectivity index (χ4n) is 5.66. The Morgan fingerprint density at radius 1 is 0.375 bits per heavy atom. The molecular formula is C38H22N8O2. The van der Waals surface area contributed by atoms with Crippen molar-refractivity contribution in [3.05, 3.63) is 134 Å². The predicted molar refractivity (Wildman–Crippen MR) is 181 cm³/mol. The van der Waals surface area contributed by atoms with Crippen molar-refractivity contribution in [3.8, 4) is 68.3 Å². The van der Waals surface area contributed by atoms with Crippen LogP contribution in [0.15, 0.2) is 143 Å². The quantitative estimate of drug-likeness (QED) is 0.178. The van der Waals surface area contributed by atoms with Gasteiger partial charge in [-0.1, -0.05) is 91.0 Å². The highest BCUT2D eigenvalue weighted by atomic mass is 16.4. The molecule has 0 amide bonds. The van der Waals surface area contributed by atoms with Crippen molar-refractivity contribution in [1.82, 2.24) is 40.3 Å². The molecule has 0 unspecified atom stereocenters. The molecule has 4 heterocycles. The van der Waals surface area contributed by atoms with Gasteiger partial charge in [-0.3, -0.25) is 9.97 Å². The predicted octanol–water partition coefficient (Wildman–Crippen LogP) is 8.34. The van der Waals surface area contributed by atoms with E-state index in [1.165, 1.54) is 0 Å². The highest BCUT2D eigenvalue weighted by Crippen LogP contribution is 2.32. The van der Waals surface area contributed by atoms with E-state index in [9.17, 15) is 0 Å². The van der Waals surface area contributed by atoms with E-state index in [0.29, 0.717) is 34.3 Å². The van der Waals surface area contributed by atoms with Crippen LogP contribution >= 0.6 is 0 Å². The Balaban J connectivity index is 0.989. The van der Waals surface area contributed by atoms with Gasteiger partial charge in [0, 0.05) is 22.3 Å². The van der Waals surface area contributed by atoms with Gasteiger partial charge in [0.2, 0.25) is 11.8 Å². The fraction of sp³-hybridized carbons (Fsp3) is 0. The van der Waals surface area contributed by atoms with Gasteiger partial charge in [-0.05, 0) is 41.5 Å². The minimum Gasteiger partial charge on any atom is -0.415 e. The molecule has 0 saturated carbocycles. The second-order valence-electron chi connectivity index (χ2n) is 11.0. The molecule has 0 bridgehead atoms. The van der Waals surface area contributed by atoms with E-state index in [2.05, 4.69) is 44.7 Å². The minimum atomic E-state index is 0.264. The standard InChI is InChI=1S/C38H22N8O2/c1-3-10-23(11-4-1)27-16-8-18-29-33(27)39-21-31(41-29)37-45-43-35(47-37)25-14-7-15-26(20-25)36-44-46-38(48-36)32-22-40-34-28(17-9-19-30(34)42-32)24-12-5-2-6-13-24/h1-22H. The van der Waals surface area contributed by atoms with E-state index in [0.717, 1.165) is 44.3 Å². The van der Waals surface area contributed by atoms with Crippen LogP contribution in [0.3, 0.4) is 0 Å². The third-order valence-electron chi connectivity index (χ3n) is 7.96. The number of aromatic nitrogens is 8. The number of nitrogens with zero attached hydrogens (tertiary/aromatic N) is 8. The summed E-state index contributed by atoms with van der Waals surface area (Å²) in [5, 5.41) is 17.1. The lowest BCUT2D eigenvalue weighted by molar-refractivity contribution is 0.580. The van der Waals surface area contributed by atoms with Crippen LogP contribution in [0.2, 0.25) is 0 Å². The number of benzene rings is 5. The van der Waals surface area contributed by atoms with Gasteiger partial charge >= 0.3 is 0 Å². The molecule has 0 spiro atoms.